The normalized spacial score (nSPS) is 11.0. The van der Waals surface area contributed by atoms with Crippen LogP contribution in [-0.2, 0) is 6.54 Å². The molecule has 0 spiro atoms. The Morgan fingerprint density at radius 1 is 1.38 bits per heavy atom. The van der Waals surface area contributed by atoms with Crippen molar-refractivity contribution in [2.24, 2.45) is 0 Å². The molecule has 3 rings (SSSR count). The molecule has 4 nitrogen and oxygen atoms in total. The van der Waals surface area contributed by atoms with E-state index >= 15 is 0 Å². The first-order valence-corrected chi connectivity index (χ1v) is 6.87. The van der Waals surface area contributed by atoms with Crippen LogP contribution in [0, 0.1) is 17.5 Å². The topological polar surface area (TPSA) is 42.8 Å². The summed E-state index contributed by atoms with van der Waals surface area (Å²) in [4.78, 5) is 7.12. The second-order valence-corrected chi connectivity index (χ2v) is 5.23. The third kappa shape index (κ3) is 2.54. The molecule has 0 atom stereocenters. The van der Waals surface area contributed by atoms with Gasteiger partial charge in [-0.15, -0.1) is 0 Å². The van der Waals surface area contributed by atoms with E-state index in [1.807, 2.05) is 16.7 Å². The third-order valence-corrected chi connectivity index (χ3v) is 3.73. The van der Waals surface area contributed by atoms with Gasteiger partial charge in [0.15, 0.2) is 4.77 Å². The van der Waals surface area contributed by atoms with E-state index in [1.165, 1.54) is 6.07 Å². The highest BCUT2D eigenvalue weighted by molar-refractivity contribution is 7.71. The van der Waals surface area contributed by atoms with Gasteiger partial charge in [-0.05, 0) is 48.5 Å². The number of benzene rings is 1. The highest BCUT2D eigenvalue weighted by Crippen LogP contribution is 2.20. The van der Waals surface area contributed by atoms with Crippen LogP contribution in [-0.4, -0.2) is 21.6 Å². The van der Waals surface area contributed by atoms with Crippen LogP contribution in [0.25, 0.3) is 11.0 Å². The van der Waals surface area contributed by atoms with E-state index in [9.17, 15) is 4.39 Å². The molecule has 3 aromatic rings. The highest BCUT2D eigenvalue weighted by atomic mass is 32.1. The molecule has 108 valence electrons. The van der Waals surface area contributed by atoms with E-state index in [2.05, 4.69) is 9.97 Å². The predicted molar refractivity (Wildman–Crippen MR) is 81.7 cm³/mol. The van der Waals surface area contributed by atoms with Crippen LogP contribution in [0.5, 0.6) is 5.88 Å². The summed E-state index contributed by atoms with van der Waals surface area (Å²) in [6.45, 7) is 2.31. The van der Waals surface area contributed by atoms with E-state index in [4.69, 9.17) is 17.0 Å². The van der Waals surface area contributed by atoms with Crippen molar-refractivity contribution in [2.75, 3.05) is 7.11 Å². The Labute approximate surface area is 126 Å². The molecule has 0 saturated heterocycles. The van der Waals surface area contributed by atoms with Gasteiger partial charge in [0.1, 0.15) is 5.82 Å². The number of nitrogens with one attached hydrogen (secondary N) is 1. The fourth-order valence-electron chi connectivity index (χ4n) is 2.28. The number of halogens is 1. The molecular weight excluding hydrogens is 289 g/mol. The molecule has 0 bridgehead atoms. The van der Waals surface area contributed by atoms with Crippen LogP contribution in [0.1, 0.15) is 11.1 Å². The van der Waals surface area contributed by atoms with Gasteiger partial charge in [-0.25, -0.2) is 9.37 Å². The molecule has 1 N–H and O–H groups in total. The van der Waals surface area contributed by atoms with Gasteiger partial charge in [-0.3, -0.25) is 0 Å². The Balaban J connectivity index is 2.09. The molecule has 0 unspecified atom stereocenters. The fraction of sp³-hybridized carbons (Fsp3) is 0.200. The van der Waals surface area contributed by atoms with E-state index in [-0.39, 0.29) is 5.82 Å². The van der Waals surface area contributed by atoms with Gasteiger partial charge in [0, 0.05) is 12.3 Å². The summed E-state index contributed by atoms with van der Waals surface area (Å²) in [5, 5.41) is 0. The van der Waals surface area contributed by atoms with Gasteiger partial charge in [-0.1, -0.05) is 0 Å². The smallest absolute Gasteiger partial charge is 0.213 e. The number of H-pyrrole nitrogens is 1. The summed E-state index contributed by atoms with van der Waals surface area (Å²) < 4.78 is 21.2. The average molecular weight is 303 g/mol. The number of fused-ring (bicyclic) bond motifs is 1. The summed E-state index contributed by atoms with van der Waals surface area (Å²) >= 11 is 5.34. The number of ether oxygens (including phenoxy) is 1. The van der Waals surface area contributed by atoms with Crippen LogP contribution in [0.2, 0.25) is 0 Å². The zero-order chi connectivity index (χ0) is 15.0. The van der Waals surface area contributed by atoms with Crippen LogP contribution in [0.15, 0.2) is 30.5 Å². The molecular formula is C15H14FN3OS. The first kappa shape index (κ1) is 13.8. The minimum Gasteiger partial charge on any atom is -0.481 e. The minimum absolute atomic E-state index is 0.239. The van der Waals surface area contributed by atoms with Crippen molar-refractivity contribution in [2.45, 2.75) is 13.5 Å². The van der Waals surface area contributed by atoms with Crippen molar-refractivity contribution in [3.63, 3.8) is 0 Å². The van der Waals surface area contributed by atoms with Crippen molar-refractivity contribution in [3.05, 3.63) is 52.2 Å². The van der Waals surface area contributed by atoms with E-state index in [0.29, 0.717) is 28.3 Å². The molecule has 0 aliphatic rings. The zero-order valence-corrected chi connectivity index (χ0v) is 12.5. The zero-order valence-electron chi connectivity index (χ0n) is 11.7. The number of aryl methyl sites for hydroxylation is 1. The molecule has 0 aliphatic heterocycles. The van der Waals surface area contributed by atoms with Crippen molar-refractivity contribution in [1.82, 2.24) is 14.5 Å². The van der Waals surface area contributed by atoms with Crippen LogP contribution < -0.4 is 4.74 Å². The molecule has 1 aromatic carbocycles. The molecule has 0 amide bonds. The quantitative estimate of drug-likeness (QED) is 0.752. The van der Waals surface area contributed by atoms with Crippen molar-refractivity contribution in [1.29, 1.82) is 0 Å². The second kappa shape index (κ2) is 5.29. The molecule has 0 aliphatic carbocycles. The monoisotopic (exact) mass is 303 g/mol. The number of aromatic amines is 1. The molecule has 6 heteroatoms. The largest absolute Gasteiger partial charge is 0.481 e. The number of rotatable bonds is 3. The summed E-state index contributed by atoms with van der Waals surface area (Å²) in [5.41, 5.74) is 3.19. The fourth-order valence-corrected chi connectivity index (χ4v) is 2.55. The minimum atomic E-state index is -0.239. The van der Waals surface area contributed by atoms with Crippen molar-refractivity contribution < 1.29 is 9.13 Å². The number of pyridine rings is 1. The summed E-state index contributed by atoms with van der Waals surface area (Å²) in [6, 6.07) is 7.04. The van der Waals surface area contributed by atoms with E-state index < -0.39 is 0 Å². The van der Waals surface area contributed by atoms with Crippen LogP contribution in [0.3, 0.4) is 0 Å². The SMILES string of the molecule is COc1cc(Cn2c(=S)[nH]c3cc(F)c(C)cc32)ccn1. The second-order valence-electron chi connectivity index (χ2n) is 4.84. The van der Waals surface area contributed by atoms with Crippen molar-refractivity contribution >= 4 is 23.3 Å². The molecule has 0 fully saturated rings. The Hall–Kier alpha value is -2.21. The summed E-state index contributed by atoms with van der Waals surface area (Å²) in [5.74, 6) is 0.317. The molecule has 0 radical (unpaired) electrons. The number of hydrogen-bond donors (Lipinski definition) is 1. The summed E-state index contributed by atoms with van der Waals surface area (Å²) in [7, 11) is 1.58. The summed E-state index contributed by atoms with van der Waals surface area (Å²) in [6.07, 6.45) is 1.69. The van der Waals surface area contributed by atoms with Gasteiger partial charge in [-0.2, -0.15) is 0 Å². The molecule has 0 saturated carbocycles. The number of nitrogens with zero attached hydrogens (tertiary/aromatic N) is 2. The van der Waals surface area contributed by atoms with E-state index in [0.717, 1.165) is 11.1 Å². The van der Waals surface area contributed by atoms with Gasteiger partial charge in [0.05, 0.1) is 24.7 Å². The average Bonchev–Trinajstić information content (AvgIpc) is 2.76. The molecule has 2 heterocycles. The number of methoxy groups -OCH3 is 1. The predicted octanol–water partition coefficient (Wildman–Crippen LogP) is 3.60. The maximum Gasteiger partial charge on any atom is 0.213 e. The van der Waals surface area contributed by atoms with E-state index in [1.54, 1.807) is 26.3 Å². The number of imidazole rings is 1. The number of hydrogen-bond acceptors (Lipinski definition) is 3. The standard InChI is InChI=1S/C15H14FN3OS/c1-9-5-13-12(7-11(9)16)18-15(21)19(13)8-10-3-4-17-14(6-10)20-2/h3-7H,8H2,1-2H3,(H,18,21). The highest BCUT2D eigenvalue weighted by Gasteiger charge is 2.09. The molecule has 2 aromatic heterocycles. The lowest BCUT2D eigenvalue weighted by Crippen LogP contribution is -2.01. The number of aromatic nitrogens is 3. The van der Waals surface area contributed by atoms with Gasteiger partial charge < -0.3 is 14.3 Å². The van der Waals surface area contributed by atoms with Gasteiger partial charge in [0.25, 0.3) is 0 Å². The van der Waals surface area contributed by atoms with Crippen LogP contribution in [0.4, 0.5) is 4.39 Å². The Morgan fingerprint density at radius 2 is 2.19 bits per heavy atom. The lowest BCUT2D eigenvalue weighted by atomic mass is 10.2. The van der Waals surface area contributed by atoms with Crippen molar-refractivity contribution in [3.8, 4) is 5.88 Å². The maximum absolute atomic E-state index is 13.6. The lowest BCUT2D eigenvalue weighted by Gasteiger charge is -2.07. The van der Waals surface area contributed by atoms with Crippen LogP contribution >= 0.6 is 12.2 Å². The van der Waals surface area contributed by atoms with Gasteiger partial charge in [0.2, 0.25) is 5.88 Å². The molecule has 21 heavy (non-hydrogen) atoms. The van der Waals surface area contributed by atoms with Gasteiger partial charge >= 0.3 is 0 Å². The Kier molecular flexibility index (Phi) is 3.47. The first-order chi connectivity index (χ1) is 10.1. The Morgan fingerprint density at radius 3 is 2.95 bits per heavy atom. The lowest BCUT2D eigenvalue weighted by molar-refractivity contribution is 0.397. The maximum atomic E-state index is 13.6. The third-order valence-electron chi connectivity index (χ3n) is 3.40. The first-order valence-electron chi connectivity index (χ1n) is 6.46. The Bertz CT molecular complexity index is 869.